The Kier molecular flexibility index (Phi) is 5.02. The van der Waals surface area contributed by atoms with Crippen LogP contribution in [-0.4, -0.2) is 33.0 Å². The Morgan fingerprint density at radius 2 is 1.85 bits per heavy atom. The van der Waals surface area contributed by atoms with Gasteiger partial charge in [-0.25, -0.2) is 8.42 Å². The van der Waals surface area contributed by atoms with E-state index in [0.29, 0.717) is 34.9 Å². The number of hydrogen-bond donors (Lipinski definition) is 1. The second-order valence-corrected chi connectivity index (χ2v) is 8.49. The number of rotatable bonds is 4. The highest BCUT2D eigenvalue weighted by Crippen LogP contribution is 2.30. The highest BCUT2D eigenvalue weighted by Gasteiger charge is 2.22. The van der Waals surface area contributed by atoms with Crippen molar-refractivity contribution in [1.82, 2.24) is 0 Å². The molecule has 0 radical (unpaired) electrons. The monoisotopic (exact) mass is 392 g/mol. The summed E-state index contributed by atoms with van der Waals surface area (Å²) in [5, 5.41) is 3.05. The van der Waals surface area contributed by atoms with Crippen LogP contribution < -0.4 is 10.2 Å². The van der Waals surface area contributed by atoms with Crippen molar-refractivity contribution in [2.45, 2.75) is 17.7 Å². The van der Waals surface area contributed by atoms with E-state index in [9.17, 15) is 18.0 Å². The molecule has 136 valence electrons. The first-order valence-corrected chi connectivity index (χ1v) is 10.2. The number of carbonyl (C=O) groups is 2. The third kappa shape index (κ3) is 3.89. The number of anilines is 2. The van der Waals surface area contributed by atoms with E-state index in [1.807, 2.05) is 0 Å². The number of sulfone groups is 1. The van der Waals surface area contributed by atoms with E-state index < -0.39 is 15.7 Å². The molecule has 1 aliphatic rings. The summed E-state index contributed by atoms with van der Waals surface area (Å²) in [6.45, 7) is 0.640. The van der Waals surface area contributed by atoms with E-state index in [0.717, 1.165) is 12.7 Å². The zero-order chi connectivity index (χ0) is 18.9. The molecule has 0 saturated carbocycles. The van der Waals surface area contributed by atoms with Crippen molar-refractivity contribution in [3.63, 3.8) is 0 Å². The molecule has 2 aromatic rings. The lowest BCUT2D eigenvalue weighted by Crippen LogP contribution is -2.23. The molecule has 6 nitrogen and oxygen atoms in total. The number of halogens is 1. The Hall–Kier alpha value is -2.38. The van der Waals surface area contributed by atoms with Crippen LogP contribution in [-0.2, 0) is 14.6 Å². The molecule has 1 aliphatic heterocycles. The van der Waals surface area contributed by atoms with Crippen LogP contribution in [0.2, 0.25) is 5.02 Å². The van der Waals surface area contributed by atoms with E-state index in [4.69, 9.17) is 11.6 Å². The number of nitrogens with one attached hydrogen (secondary N) is 1. The minimum Gasteiger partial charge on any atom is -0.321 e. The molecule has 0 atom stereocenters. The topological polar surface area (TPSA) is 83.6 Å². The summed E-state index contributed by atoms with van der Waals surface area (Å²) in [5.41, 5.74) is 1.37. The number of hydrogen-bond acceptors (Lipinski definition) is 4. The van der Waals surface area contributed by atoms with Gasteiger partial charge in [0.2, 0.25) is 5.91 Å². The highest BCUT2D eigenvalue weighted by atomic mass is 35.5. The van der Waals surface area contributed by atoms with Crippen LogP contribution in [0.4, 0.5) is 11.4 Å². The second-order valence-electron chi connectivity index (χ2n) is 6.06. The molecule has 0 spiro atoms. The summed E-state index contributed by atoms with van der Waals surface area (Å²) < 4.78 is 23.0. The van der Waals surface area contributed by atoms with Gasteiger partial charge in [0.05, 0.1) is 15.6 Å². The fourth-order valence-corrected chi connectivity index (χ4v) is 3.54. The zero-order valence-corrected chi connectivity index (χ0v) is 15.6. The molecule has 2 aromatic carbocycles. The predicted molar refractivity (Wildman–Crippen MR) is 101 cm³/mol. The highest BCUT2D eigenvalue weighted by molar-refractivity contribution is 7.90. The van der Waals surface area contributed by atoms with Gasteiger partial charge in [-0.2, -0.15) is 0 Å². The molecule has 0 bridgehead atoms. The van der Waals surface area contributed by atoms with Crippen molar-refractivity contribution in [2.75, 3.05) is 23.0 Å². The Bertz CT molecular complexity index is 971. The van der Waals surface area contributed by atoms with Crippen molar-refractivity contribution in [2.24, 2.45) is 0 Å². The predicted octanol–water partition coefficient (Wildman–Crippen LogP) is 3.12. The van der Waals surface area contributed by atoms with Crippen LogP contribution in [0.15, 0.2) is 47.4 Å². The van der Waals surface area contributed by atoms with Crippen LogP contribution in [0.1, 0.15) is 23.2 Å². The van der Waals surface area contributed by atoms with Gasteiger partial charge in [0.25, 0.3) is 5.91 Å². The molecule has 1 saturated heterocycles. The molecule has 0 aliphatic carbocycles. The maximum absolute atomic E-state index is 12.4. The summed E-state index contributed by atoms with van der Waals surface area (Å²) in [6, 6.07) is 10.7. The molecule has 1 heterocycles. The summed E-state index contributed by atoms with van der Waals surface area (Å²) in [4.78, 5) is 26.1. The van der Waals surface area contributed by atoms with Crippen molar-refractivity contribution in [1.29, 1.82) is 0 Å². The molecule has 1 N–H and O–H groups in total. The van der Waals surface area contributed by atoms with Gasteiger partial charge in [0.15, 0.2) is 9.84 Å². The van der Waals surface area contributed by atoms with Crippen molar-refractivity contribution in [3.8, 4) is 0 Å². The minimum absolute atomic E-state index is 0.0426. The van der Waals surface area contributed by atoms with Gasteiger partial charge in [-0.1, -0.05) is 11.6 Å². The summed E-state index contributed by atoms with van der Waals surface area (Å²) in [5.74, 6) is -0.377. The number of nitrogens with zero attached hydrogens (tertiary/aromatic N) is 1. The molecule has 2 amide bonds. The summed E-state index contributed by atoms with van der Waals surface area (Å²) in [7, 11) is -3.32. The van der Waals surface area contributed by atoms with Gasteiger partial charge in [-0.05, 0) is 48.9 Å². The molecule has 0 aromatic heterocycles. The van der Waals surface area contributed by atoms with Gasteiger partial charge in [-0.15, -0.1) is 0 Å². The van der Waals surface area contributed by atoms with Crippen LogP contribution in [0.3, 0.4) is 0 Å². The SMILES string of the molecule is CS(=O)(=O)c1ccc(C(=O)Nc2cc(N3CCCC3=O)ccc2Cl)cc1. The molecule has 1 fully saturated rings. The first kappa shape index (κ1) is 18.4. The average Bonchev–Trinajstić information content (AvgIpc) is 3.02. The number of benzene rings is 2. The van der Waals surface area contributed by atoms with E-state index >= 15 is 0 Å². The molecule has 3 rings (SSSR count). The van der Waals surface area contributed by atoms with Crippen LogP contribution in [0.25, 0.3) is 0 Å². The Morgan fingerprint density at radius 1 is 1.15 bits per heavy atom. The quantitative estimate of drug-likeness (QED) is 0.866. The van der Waals surface area contributed by atoms with E-state index in [2.05, 4.69) is 5.32 Å². The zero-order valence-electron chi connectivity index (χ0n) is 14.0. The molecular weight excluding hydrogens is 376 g/mol. The first-order chi connectivity index (χ1) is 12.3. The maximum atomic E-state index is 12.4. The average molecular weight is 393 g/mol. The molecular formula is C18H17ClN2O4S. The van der Waals surface area contributed by atoms with Gasteiger partial charge >= 0.3 is 0 Å². The fourth-order valence-electron chi connectivity index (χ4n) is 2.75. The third-order valence-electron chi connectivity index (χ3n) is 4.13. The van der Waals surface area contributed by atoms with Crippen LogP contribution in [0.5, 0.6) is 0 Å². The lowest BCUT2D eigenvalue weighted by Gasteiger charge is -2.17. The number of carbonyl (C=O) groups excluding carboxylic acids is 2. The van der Waals surface area contributed by atoms with Gasteiger partial charge in [0, 0.05) is 30.5 Å². The molecule has 8 heteroatoms. The van der Waals surface area contributed by atoms with E-state index in [-0.39, 0.29) is 10.8 Å². The second kappa shape index (κ2) is 7.09. The smallest absolute Gasteiger partial charge is 0.255 e. The Balaban J connectivity index is 1.82. The normalized spacial score (nSPS) is 14.5. The van der Waals surface area contributed by atoms with E-state index in [1.165, 1.54) is 24.3 Å². The fraction of sp³-hybridized carbons (Fsp3) is 0.222. The van der Waals surface area contributed by atoms with Gasteiger partial charge in [-0.3, -0.25) is 9.59 Å². The van der Waals surface area contributed by atoms with E-state index in [1.54, 1.807) is 23.1 Å². The van der Waals surface area contributed by atoms with Crippen LogP contribution >= 0.6 is 11.6 Å². The maximum Gasteiger partial charge on any atom is 0.255 e. The summed E-state index contributed by atoms with van der Waals surface area (Å²) in [6.07, 6.45) is 2.42. The van der Waals surface area contributed by atoms with Crippen LogP contribution in [0, 0.1) is 0 Å². The minimum atomic E-state index is -3.32. The lowest BCUT2D eigenvalue weighted by atomic mass is 10.2. The van der Waals surface area contributed by atoms with Gasteiger partial charge in [0.1, 0.15) is 0 Å². The van der Waals surface area contributed by atoms with Crippen molar-refractivity contribution >= 4 is 44.6 Å². The lowest BCUT2D eigenvalue weighted by molar-refractivity contribution is -0.117. The Morgan fingerprint density at radius 3 is 2.42 bits per heavy atom. The first-order valence-electron chi connectivity index (χ1n) is 7.97. The third-order valence-corrected chi connectivity index (χ3v) is 5.59. The largest absolute Gasteiger partial charge is 0.321 e. The van der Waals surface area contributed by atoms with Crippen molar-refractivity contribution in [3.05, 3.63) is 53.1 Å². The number of amides is 2. The van der Waals surface area contributed by atoms with Crippen molar-refractivity contribution < 1.29 is 18.0 Å². The molecule has 26 heavy (non-hydrogen) atoms. The molecule has 0 unspecified atom stereocenters. The summed E-state index contributed by atoms with van der Waals surface area (Å²) >= 11 is 6.16. The standard InChI is InChI=1S/C18H17ClN2O4S/c1-26(24,25)14-7-4-12(5-8-14)18(23)20-16-11-13(6-9-15(16)19)21-10-2-3-17(21)22/h4-9,11H,2-3,10H2,1H3,(H,20,23). The van der Waals surface area contributed by atoms with Gasteiger partial charge < -0.3 is 10.2 Å². The Labute approximate surface area is 156 Å².